The van der Waals surface area contributed by atoms with E-state index in [0.717, 1.165) is 54.8 Å². The molecular formula is C23H23ClN2O2. The van der Waals surface area contributed by atoms with Crippen molar-refractivity contribution >= 4 is 28.3 Å². The Morgan fingerprint density at radius 2 is 1.61 bits per heavy atom. The first-order valence-corrected chi connectivity index (χ1v) is 9.96. The Morgan fingerprint density at radius 1 is 0.893 bits per heavy atom. The third kappa shape index (κ3) is 4.29. The van der Waals surface area contributed by atoms with Crippen LogP contribution in [-0.4, -0.2) is 55.0 Å². The molecule has 1 aliphatic rings. The summed E-state index contributed by atoms with van der Waals surface area (Å²) in [4.78, 5) is 17.3. The fourth-order valence-electron chi connectivity index (χ4n) is 3.58. The molecule has 0 bridgehead atoms. The molecule has 5 heteroatoms. The number of amides is 1. The number of benzene rings is 3. The summed E-state index contributed by atoms with van der Waals surface area (Å²) >= 11 is 5.89. The van der Waals surface area contributed by atoms with E-state index in [1.54, 1.807) is 0 Å². The number of carbonyl (C=O) groups is 1. The molecule has 3 aromatic rings. The molecule has 0 aliphatic carbocycles. The number of nitrogens with zero attached hydrogens (tertiary/aromatic N) is 2. The van der Waals surface area contributed by atoms with Crippen LogP contribution in [0.5, 0.6) is 5.75 Å². The Hall–Kier alpha value is -2.56. The lowest BCUT2D eigenvalue weighted by atomic mass is 10.0. The molecular weight excluding hydrogens is 372 g/mol. The monoisotopic (exact) mass is 394 g/mol. The van der Waals surface area contributed by atoms with Gasteiger partial charge in [-0.25, -0.2) is 0 Å². The van der Waals surface area contributed by atoms with Gasteiger partial charge < -0.3 is 9.64 Å². The molecule has 0 radical (unpaired) electrons. The van der Waals surface area contributed by atoms with E-state index in [-0.39, 0.29) is 5.91 Å². The molecule has 0 aromatic heterocycles. The van der Waals surface area contributed by atoms with Gasteiger partial charge in [0.25, 0.3) is 5.91 Å². The van der Waals surface area contributed by atoms with Crippen LogP contribution in [0.1, 0.15) is 10.4 Å². The number of rotatable bonds is 5. The summed E-state index contributed by atoms with van der Waals surface area (Å²) in [5, 5.41) is 2.83. The molecule has 1 saturated heterocycles. The molecule has 0 saturated carbocycles. The highest BCUT2D eigenvalue weighted by atomic mass is 35.5. The van der Waals surface area contributed by atoms with Crippen LogP contribution < -0.4 is 4.74 Å². The summed E-state index contributed by atoms with van der Waals surface area (Å²) in [6.45, 7) is 4.67. The molecule has 0 spiro atoms. The Bertz CT molecular complexity index is 945. The number of hydrogen-bond donors (Lipinski definition) is 0. The maximum absolute atomic E-state index is 13.0. The third-order valence-electron chi connectivity index (χ3n) is 5.17. The zero-order valence-corrected chi connectivity index (χ0v) is 16.4. The lowest BCUT2D eigenvalue weighted by Gasteiger charge is -2.34. The first kappa shape index (κ1) is 18.8. The maximum atomic E-state index is 13.0. The number of hydrogen-bond acceptors (Lipinski definition) is 3. The van der Waals surface area contributed by atoms with Gasteiger partial charge in [-0.2, -0.15) is 0 Å². The minimum atomic E-state index is 0.119. The number of piperazine rings is 1. The van der Waals surface area contributed by atoms with Crippen LogP contribution in [0, 0.1) is 0 Å². The van der Waals surface area contributed by atoms with Crippen molar-refractivity contribution in [2.24, 2.45) is 0 Å². The van der Waals surface area contributed by atoms with Crippen molar-refractivity contribution in [3.05, 3.63) is 77.3 Å². The number of ether oxygens (including phenoxy) is 1. The summed E-state index contributed by atoms with van der Waals surface area (Å²) in [6.07, 6.45) is 0. The number of carbonyl (C=O) groups excluding carboxylic acids is 1. The summed E-state index contributed by atoms with van der Waals surface area (Å²) in [7, 11) is 0. The van der Waals surface area contributed by atoms with Gasteiger partial charge in [0, 0.05) is 43.3 Å². The zero-order valence-electron chi connectivity index (χ0n) is 15.7. The van der Waals surface area contributed by atoms with E-state index < -0.39 is 0 Å². The van der Waals surface area contributed by atoms with Gasteiger partial charge in [-0.1, -0.05) is 48.0 Å². The topological polar surface area (TPSA) is 32.8 Å². The lowest BCUT2D eigenvalue weighted by Crippen LogP contribution is -2.49. The molecule has 4 rings (SSSR count). The van der Waals surface area contributed by atoms with Crippen molar-refractivity contribution < 1.29 is 9.53 Å². The average Bonchev–Trinajstić information content (AvgIpc) is 2.75. The predicted octanol–water partition coefficient (Wildman–Crippen LogP) is 4.33. The van der Waals surface area contributed by atoms with Crippen molar-refractivity contribution in [3.63, 3.8) is 0 Å². The molecule has 1 aliphatic heterocycles. The number of fused-ring (bicyclic) bond motifs is 1. The highest BCUT2D eigenvalue weighted by Gasteiger charge is 2.23. The molecule has 1 fully saturated rings. The predicted molar refractivity (Wildman–Crippen MR) is 113 cm³/mol. The van der Waals surface area contributed by atoms with Gasteiger partial charge in [0.2, 0.25) is 0 Å². The maximum Gasteiger partial charge on any atom is 0.254 e. The minimum absolute atomic E-state index is 0.119. The third-order valence-corrected chi connectivity index (χ3v) is 5.42. The molecule has 3 aromatic carbocycles. The quantitative estimate of drug-likeness (QED) is 0.645. The van der Waals surface area contributed by atoms with Gasteiger partial charge in [0.1, 0.15) is 12.4 Å². The van der Waals surface area contributed by atoms with Gasteiger partial charge in [-0.3, -0.25) is 9.69 Å². The fraction of sp³-hybridized carbons (Fsp3) is 0.261. The van der Waals surface area contributed by atoms with Gasteiger partial charge >= 0.3 is 0 Å². The van der Waals surface area contributed by atoms with Gasteiger partial charge in [-0.05, 0) is 41.1 Å². The Balaban J connectivity index is 1.30. The van der Waals surface area contributed by atoms with Crippen LogP contribution in [-0.2, 0) is 0 Å². The van der Waals surface area contributed by atoms with Gasteiger partial charge in [-0.15, -0.1) is 0 Å². The van der Waals surface area contributed by atoms with Crippen molar-refractivity contribution in [3.8, 4) is 5.75 Å². The molecule has 0 unspecified atom stereocenters. The summed E-state index contributed by atoms with van der Waals surface area (Å²) < 4.78 is 5.77. The van der Waals surface area contributed by atoms with E-state index in [0.29, 0.717) is 11.6 Å². The highest BCUT2D eigenvalue weighted by Crippen LogP contribution is 2.21. The highest BCUT2D eigenvalue weighted by molar-refractivity contribution is 6.30. The first-order chi connectivity index (χ1) is 13.7. The van der Waals surface area contributed by atoms with Crippen molar-refractivity contribution in [1.29, 1.82) is 0 Å². The zero-order chi connectivity index (χ0) is 19.3. The number of halogens is 1. The van der Waals surface area contributed by atoms with E-state index in [4.69, 9.17) is 16.3 Å². The largest absolute Gasteiger partial charge is 0.492 e. The van der Waals surface area contributed by atoms with E-state index in [1.165, 1.54) is 0 Å². The summed E-state index contributed by atoms with van der Waals surface area (Å²) in [6, 6.07) is 21.4. The van der Waals surface area contributed by atoms with Crippen LogP contribution in [0.2, 0.25) is 5.02 Å². The second-order valence-corrected chi connectivity index (χ2v) is 7.40. The van der Waals surface area contributed by atoms with Crippen molar-refractivity contribution in [1.82, 2.24) is 9.80 Å². The van der Waals surface area contributed by atoms with E-state index in [2.05, 4.69) is 4.90 Å². The lowest BCUT2D eigenvalue weighted by molar-refractivity contribution is 0.0622. The summed E-state index contributed by atoms with van der Waals surface area (Å²) in [5.74, 6) is 0.947. The van der Waals surface area contributed by atoms with E-state index >= 15 is 0 Å². The van der Waals surface area contributed by atoms with Gasteiger partial charge in [0.05, 0.1) is 0 Å². The van der Waals surface area contributed by atoms with E-state index in [9.17, 15) is 4.79 Å². The normalized spacial score (nSPS) is 15.0. The second kappa shape index (κ2) is 8.63. The summed E-state index contributed by atoms with van der Waals surface area (Å²) in [5.41, 5.74) is 0.789. The van der Waals surface area contributed by atoms with Crippen LogP contribution in [0.25, 0.3) is 10.8 Å². The van der Waals surface area contributed by atoms with Gasteiger partial charge in [0.15, 0.2) is 0 Å². The molecule has 1 heterocycles. The van der Waals surface area contributed by atoms with Crippen LogP contribution in [0.4, 0.5) is 0 Å². The van der Waals surface area contributed by atoms with Crippen molar-refractivity contribution in [2.75, 3.05) is 39.3 Å². The van der Waals surface area contributed by atoms with Crippen LogP contribution in [0.3, 0.4) is 0 Å². The van der Waals surface area contributed by atoms with Crippen LogP contribution in [0.15, 0.2) is 66.7 Å². The molecule has 144 valence electrons. The first-order valence-electron chi connectivity index (χ1n) is 9.58. The van der Waals surface area contributed by atoms with E-state index in [1.807, 2.05) is 71.6 Å². The molecule has 4 nitrogen and oxygen atoms in total. The minimum Gasteiger partial charge on any atom is -0.492 e. The van der Waals surface area contributed by atoms with Crippen molar-refractivity contribution in [2.45, 2.75) is 0 Å². The SMILES string of the molecule is O=C(c1cccc2ccccc12)N1CCN(CCOc2ccc(Cl)cc2)CC1. The molecule has 0 atom stereocenters. The molecule has 0 N–H and O–H groups in total. The second-order valence-electron chi connectivity index (χ2n) is 6.96. The Labute approximate surface area is 170 Å². The fourth-order valence-corrected chi connectivity index (χ4v) is 3.71. The molecule has 1 amide bonds. The smallest absolute Gasteiger partial charge is 0.254 e. The Kier molecular flexibility index (Phi) is 5.79. The average molecular weight is 395 g/mol. The Morgan fingerprint density at radius 3 is 2.39 bits per heavy atom. The molecule has 28 heavy (non-hydrogen) atoms. The standard InChI is InChI=1S/C23H23ClN2O2/c24-19-8-10-20(11-9-19)28-17-16-25-12-14-26(15-13-25)23(27)22-7-3-5-18-4-1-2-6-21(18)22/h1-11H,12-17H2. The van der Waals surface area contributed by atoms with Crippen LogP contribution >= 0.6 is 11.6 Å².